The number of piperidine rings is 1. The molecule has 0 radical (unpaired) electrons. The Balaban J connectivity index is 2.29. The van der Waals surface area contributed by atoms with E-state index >= 15 is 0 Å². The summed E-state index contributed by atoms with van der Waals surface area (Å²) in [6.45, 7) is 9.78. The standard InChI is InChI=1S/C14H29N/c1-4-6-10-14(5-2)12-15-11-8-7-9-13(15)3/h13-14H,4-12H2,1-3H3. The number of nitrogens with zero attached hydrogens (tertiary/aromatic N) is 1. The van der Waals surface area contributed by atoms with Crippen LogP contribution in [0.15, 0.2) is 0 Å². The topological polar surface area (TPSA) is 3.24 Å². The highest BCUT2D eigenvalue weighted by atomic mass is 15.2. The lowest BCUT2D eigenvalue weighted by atomic mass is 9.95. The number of likely N-dealkylation sites (tertiary alicyclic amines) is 1. The van der Waals surface area contributed by atoms with E-state index in [2.05, 4.69) is 25.7 Å². The first kappa shape index (κ1) is 13.0. The fraction of sp³-hybridized carbons (Fsp3) is 1.00. The minimum absolute atomic E-state index is 0.842. The highest BCUT2D eigenvalue weighted by Crippen LogP contribution is 2.21. The molecule has 1 heterocycles. The van der Waals surface area contributed by atoms with Crippen molar-refractivity contribution in [3.8, 4) is 0 Å². The Hall–Kier alpha value is -0.0400. The van der Waals surface area contributed by atoms with Gasteiger partial charge in [0, 0.05) is 12.6 Å². The monoisotopic (exact) mass is 211 g/mol. The zero-order valence-corrected chi connectivity index (χ0v) is 11.0. The molecule has 2 atom stereocenters. The summed E-state index contributed by atoms with van der Waals surface area (Å²) in [6, 6.07) is 0.842. The summed E-state index contributed by atoms with van der Waals surface area (Å²) in [5, 5.41) is 0. The van der Waals surface area contributed by atoms with Crippen LogP contribution >= 0.6 is 0 Å². The second-order valence-electron chi connectivity index (χ2n) is 5.26. The van der Waals surface area contributed by atoms with E-state index in [9.17, 15) is 0 Å². The number of hydrogen-bond donors (Lipinski definition) is 0. The van der Waals surface area contributed by atoms with Gasteiger partial charge in [-0.2, -0.15) is 0 Å². The highest BCUT2D eigenvalue weighted by Gasteiger charge is 2.20. The fourth-order valence-electron chi connectivity index (χ4n) is 2.68. The maximum Gasteiger partial charge on any atom is 0.00670 e. The van der Waals surface area contributed by atoms with Crippen LogP contribution in [0.1, 0.15) is 65.7 Å². The molecule has 0 spiro atoms. The lowest BCUT2D eigenvalue weighted by Gasteiger charge is -2.35. The summed E-state index contributed by atoms with van der Waals surface area (Å²) in [5.41, 5.74) is 0. The summed E-state index contributed by atoms with van der Waals surface area (Å²) in [4.78, 5) is 2.73. The van der Waals surface area contributed by atoms with Crippen LogP contribution in [0.5, 0.6) is 0 Å². The minimum Gasteiger partial charge on any atom is -0.300 e. The lowest BCUT2D eigenvalue weighted by Crippen LogP contribution is -2.40. The predicted molar refractivity (Wildman–Crippen MR) is 68.2 cm³/mol. The fourth-order valence-corrected chi connectivity index (χ4v) is 2.68. The Bertz CT molecular complexity index is 155. The van der Waals surface area contributed by atoms with Gasteiger partial charge in [-0.25, -0.2) is 0 Å². The normalized spacial score (nSPS) is 25.4. The molecule has 0 N–H and O–H groups in total. The van der Waals surface area contributed by atoms with Crippen LogP contribution in [-0.4, -0.2) is 24.0 Å². The van der Waals surface area contributed by atoms with Crippen LogP contribution in [0, 0.1) is 5.92 Å². The van der Waals surface area contributed by atoms with Gasteiger partial charge in [-0.3, -0.25) is 0 Å². The van der Waals surface area contributed by atoms with Crippen molar-refractivity contribution in [3.05, 3.63) is 0 Å². The molecule has 15 heavy (non-hydrogen) atoms. The Morgan fingerprint density at radius 3 is 2.67 bits per heavy atom. The molecular formula is C14H29N. The zero-order valence-electron chi connectivity index (χ0n) is 11.0. The van der Waals surface area contributed by atoms with Crippen molar-refractivity contribution >= 4 is 0 Å². The molecule has 0 saturated carbocycles. The largest absolute Gasteiger partial charge is 0.300 e. The van der Waals surface area contributed by atoms with Crippen LogP contribution < -0.4 is 0 Å². The van der Waals surface area contributed by atoms with Crippen molar-refractivity contribution < 1.29 is 0 Å². The van der Waals surface area contributed by atoms with Crippen molar-refractivity contribution in [2.24, 2.45) is 5.92 Å². The van der Waals surface area contributed by atoms with Gasteiger partial charge in [0.15, 0.2) is 0 Å². The highest BCUT2D eigenvalue weighted by molar-refractivity contribution is 4.75. The Morgan fingerprint density at radius 1 is 1.27 bits per heavy atom. The number of unbranched alkanes of at least 4 members (excludes halogenated alkanes) is 1. The van der Waals surface area contributed by atoms with E-state index in [-0.39, 0.29) is 0 Å². The smallest absolute Gasteiger partial charge is 0.00670 e. The van der Waals surface area contributed by atoms with E-state index in [1.807, 2.05) is 0 Å². The third kappa shape index (κ3) is 4.55. The van der Waals surface area contributed by atoms with Crippen LogP contribution in [-0.2, 0) is 0 Å². The molecule has 1 fully saturated rings. The van der Waals surface area contributed by atoms with Crippen molar-refractivity contribution in [3.63, 3.8) is 0 Å². The molecule has 1 nitrogen and oxygen atoms in total. The quantitative estimate of drug-likeness (QED) is 0.640. The summed E-state index contributed by atoms with van der Waals surface area (Å²) in [6.07, 6.45) is 9.87. The molecule has 0 aliphatic carbocycles. The minimum atomic E-state index is 0.842. The van der Waals surface area contributed by atoms with Gasteiger partial charge in [0.2, 0.25) is 0 Å². The van der Waals surface area contributed by atoms with Gasteiger partial charge in [0.05, 0.1) is 0 Å². The molecule has 0 bridgehead atoms. The SMILES string of the molecule is CCCCC(CC)CN1CCCCC1C. The van der Waals surface area contributed by atoms with E-state index in [1.165, 1.54) is 58.0 Å². The predicted octanol–water partition coefficient (Wildman–Crippen LogP) is 4.08. The van der Waals surface area contributed by atoms with Crippen molar-refractivity contribution in [1.82, 2.24) is 4.90 Å². The van der Waals surface area contributed by atoms with Crippen LogP contribution in [0.4, 0.5) is 0 Å². The summed E-state index contributed by atoms with van der Waals surface area (Å²) >= 11 is 0. The molecule has 0 amide bonds. The second kappa shape index (κ2) is 7.27. The Morgan fingerprint density at radius 2 is 2.07 bits per heavy atom. The molecule has 90 valence electrons. The lowest BCUT2D eigenvalue weighted by molar-refractivity contribution is 0.131. The van der Waals surface area contributed by atoms with Crippen LogP contribution in [0.25, 0.3) is 0 Å². The molecule has 1 rings (SSSR count). The van der Waals surface area contributed by atoms with Crippen molar-refractivity contribution in [2.75, 3.05) is 13.1 Å². The molecule has 2 unspecified atom stereocenters. The van der Waals surface area contributed by atoms with Gasteiger partial charge in [-0.05, 0) is 38.6 Å². The second-order valence-corrected chi connectivity index (χ2v) is 5.26. The zero-order chi connectivity index (χ0) is 11.1. The van der Waals surface area contributed by atoms with E-state index in [0.29, 0.717) is 0 Å². The van der Waals surface area contributed by atoms with Gasteiger partial charge in [0.25, 0.3) is 0 Å². The third-order valence-electron chi connectivity index (χ3n) is 3.98. The molecule has 1 saturated heterocycles. The van der Waals surface area contributed by atoms with Crippen LogP contribution in [0.2, 0.25) is 0 Å². The first-order valence-corrected chi connectivity index (χ1v) is 7.02. The summed E-state index contributed by atoms with van der Waals surface area (Å²) in [5.74, 6) is 0.950. The maximum atomic E-state index is 2.73. The van der Waals surface area contributed by atoms with Crippen molar-refractivity contribution in [1.29, 1.82) is 0 Å². The van der Waals surface area contributed by atoms with E-state index in [4.69, 9.17) is 0 Å². The maximum absolute atomic E-state index is 2.73. The van der Waals surface area contributed by atoms with Crippen molar-refractivity contribution in [2.45, 2.75) is 71.8 Å². The molecule has 0 aromatic rings. The van der Waals surface area contributed by atoms with Crippen LogP contribution in [0.3, 0.4) is 0 Å². The van der Waals surface area contributed by atoms with Gasteiger partial charge in [0.1, 0.15) is 0 Å². The average Bonchev–Trinajstić information content (AvgIpc) is 2.26. The Kier molecular flexibility index (Phi) is 6.31. The molecule has 0 aromatic heterocycles. The summed E-state index contributed by atoms with van der Waals surface area (Å²) < 4.78 is 0. The summed E-state index contributed by atoms with van der Waals surface area (Å²) in [7, 11) is 0. The molecule has 1 aliphatic heterocycles. The average molecular weight is 211 g/mol. The number of hydrogen-bond acceptors (Lipinski definition) is 1. The molecule has 1 heteroatoms. The Labute approximate surface area is 96.2 Å². The first-order valence-electron chi connectivity index (χ1n) is 7.02. The number of rotatable bonds is 6. The molecule has 0 aromatic carbocycles. The van der Waals surface area contributed by atoms with E-state index in [0.717, 1.165) is 12.0 Å². The van der Waals surface area contributed by atoms with Gasteiger partial charge >= 0.3 is 0 Å². The van der Waals surface area contributed by atoms with Gasteiger partial charge in [-0.15, -0.1) is 0 Å². The van der Waals surface area contributed by atoms with Gasteiger partial charge < -0.3 is 4.90 Å². The third-order valence-corrected chi connectivity index (χ3v) is 3.98. The van der Waals surface area contributed by atoms with E-state index < -0.39 is 0 Å². The van der Waals surface area contributed by atoms with E-state index in [1.54, 1.807) is 0 Å². The first-order chi connectivity index (χ1) is 7.27. The molecule has 1 aliphatic rings. The molecular weight excluding hydrogens is 182 g/mol. The van der Waals surface area contributed by atoms with Gasteiger partial charge in [-0.1, -0.05) is 39.5 Å².